The van der Waals surface area contributed by atoms with Crippen LogP contribution in [0.2, 0.25) is 0 Å². The van der Waals surface area contributed by atoms with E-state index in [-0.39, 0.29) is 28.8 Å². The van der Waals surface area contributed by atoms with E-state index in [0.717, 1.165) is 11.1 Å². The Morgan fingerprint density at radius 2 is 1.45 bits per heavy atom. The van der Waals surface area contributed by atoms with Crippen molar-refractivity contribution in [2.45, 2.75) is 36.2 Å². The molecule has 0 atom stereocenters. The van der Waals surface area contributed by atoms with Gasteiger partial charge in [-0.2, -0.15) is 4.31 Å². The first-order valence-corrected chi connectivity index (χ1v) is 16.2. The van der Waals surface area contributed by atoms with E-state index in [2.05, 4.69) is 10.3 Å². The van der Waals surface area contributed by atoms with Crippen LogP contribution in [0.15, 0.2) is 107 Å². The van der Waals surface area contributed by atoms with Gasteiger partial charge in [0, 0.05) is 37.6 Å². The Labute approximate surface area is 246 Å². The molecule has 0 saturated heterocycles. The molecule has 12 heteroatoms. The quantitative estimate of drug-likeness (QED) is 0.236. The zero-order chi connectivity index (χ0) is 30.2. The number of ether oxygens (including phenoxy) is 1. The molecule has 0 aliphatic rings. The third kappa shape index (κ3) is 8.23. The summed E-state index contributed by atoms with van der Waals surface area (Å²) in [5.74, 6) is 0.306. The number of nitrogens with two attached hydrogens (primary N) is 1. The summed E-state index contributed by atoms with van der Waals surface area (Å²) in [5.41, 5.74) is 2.72. The number of hydrogen-bond acceptors (Lipinski definition) is 7. The minimum Gasteiger partial charge on any atom is -0.494 e. The standard InChI is InChI=1S/C30H32N4O6S2/c1-2-40-27-11-15-29(16-12-27)42(38,39)34(22-25-4-3-18-32-20-25)21-24-5-9-26(10-6-24)30(35)33-19-17-23-7-13-28(14-8-23)41(31,36)37/h3-16,18,20H,2,17,19,21-22H2,1H3,(H,33,35)(H2,31,36,37). The van der Waals surface area contributed by atoms with E-state index in [0.29, 0.717) is 36.4 Å². The van der Waals surface area contributed by atoms with Crippen LogP contribution >= 0.6 is 0 Å². The van der Waals surface area contributed by atoms with Gasteiger partial charge in [0.2, 0.25) is 20.0 Å². The van der Waals surface area contributed by atoms with E-state index in [1.165, 1.54) is 28.6 Å². The van der Waals surface area contributed by atoms with Gasteiger partial charge in [0.05, 0.1) is 16.4 Å². The maximum absolute atomic E-state index is 13.7. The molecule has 0 aliphatic carbocycles. The van der Waals surface area contributed by atoms with E-state index in [9.17, 15) is 21.6 Å². The second-order valence-corrected chi connectivity index (χ2v) is 12.9. The zero-order valence-corrected chi connectivity index (χ0v) is 24.6. The molecular weight excluding hydrogens is 576 g/mol. The molecule has 42 heavy (non-hydrogen) atoms. The molecule has 1 heterocycles. The number of pyridine rings is 1. The van der Waals surface area contributed by atoms with Crippen LogP contribution in [0, 0.1) is 0 Å². The predicted octanol–water partition coefficient (Wildman–Crippen LogP) is 3.49. The normalized spacial score (nSPS) is 11.8. The van der Waals surface area contributed by atoms with Crippen molar-refractivity contribution in [3.05, 3.63) is 120 Å². The van der Waals surface area contributed by atoms with Gasteiger partial charge >= 0.3 is 0 Å². The number of carbonyl (C=O) groups excluding carboxylic acids is 1. The first-order chi connectivity index (χ1) is 20.1. The molecule has 3 aromatic carbocycles. The van der Waals surface area contributed by atoms with Crippen molar-refractivity contribution in [2.24, 2.45) is 5.14 Å². The molecule has 1 amide bonds. The van der Waals surface area contributed by atoms with Crippen LogP contribution in [-0.4, -0.2) is 45.2 Å². The molecule has 4 aromatic rings. The summed E-state index contributed by atoms with van der Waals surface area (Å²) < 4.78 is 56.9. The van der Waals surface area contributed by atoms with Crippen LogP contribution in [0.4, 0.5) is 0 Å². The van der Waals surface area contributed by atoms with Crippen LogP contribution in [0.3, 0.4) is 0 Å². The lowest BCUT2D eigenvalue weighted by Crippen LogP contribution is -2.30. The van der Waals surface area contributed by atoms with Gasteiger partial charge in [-0.15, -0.1) is 0 Å². The highest BCUT2D eigenvalue weighted by molar-refractivity contribution is 7.89. The van der Waals surface area contributed by atoms with Crippen molar-refractivity contribution >= 4 is 26.0 Å². The van der Waals surface area contributed by atoms with Gasteiger partial charge in [0.1, 0.15) is 5.75 Å². The fraction of sp³-hybridized carbons (Fsp3) is 0.200. The molecule has 0 bridgehead atoms. The van der Waals surface area contributed by atoms with Crippen molar-refractivity contribution < 1.29 is 26.4 Å². The Hall–Kier alpha value is -4.10. The largest absolute Gasteiger partial charge is 0.494 e. The number of nitrogens with one attached hydrogen (secondary N) is 1. The molecule has 0 radical (unpaired) electrons. The molecule has 220 valence electrons. The lowest BCUT2D eigenvalue weighted by atomic mass is 10.1. The Bertz CT molecular complexity index is 1690. The number of sulfonamides is 2. The average molecular weight is 609 g/mol. The van der Waals surface area contributed by atoms with E-state index >= 15 is 0 Å². The van der Waals surface area contributed by atoms with Crippen LogP contribution in [0.5, 0.6) is 5.75 Å². The van der Waals surface area contributed by atoms with Crippen LogP contribution in [-0.2, 0) is 39.6 Å². The van der Waals surface area contributed by atoms with Gasteiger partial charge in [-0.25, -0.2) is 22.0 Å². The van der Waals surface area contributed by atoms with Crippen molar-refractivity contribution in [1.29, 1.82) is 0 Å². The maximum atomic E-state index is 13.7. The molecular formula is C30H32N4O6S2. The maximum Gasteiger partial charge on any atom is 0.251 e. The minimum atomic E-state index is -3.87. The summed E-state index contributed by atoms with van der Waals surface area (Å²) in [7, 11) is -7.63. The van der Waals surface area contributed by atoms with Crippen molar-refractivity contribution in [1.82, 2.24) is 14.6 Å². The van der Waals surface area contributed by atoms with Gasteiger partial charge < -0.3 is 10.1 Å². The first kappa shape index (κ1) is 30.8. The SMILES string of the molecule is CCOc1ccc(S(=O)(=O)N(Cc2ccc(C(=O)NCCc3ccc(S(N)(=O)=O)cc3)cc2)Cc2cccnc2)cc1. The molecule has 1 aromatic heterocycles. The summed E-state index contributed by atoms with van der Waals surface area (Å²) in [6.07, 6.45) is 3.76. The van der Waals surface area contributed by atoms with Gasteiger partial charge in [-0.1, -0.05) is 30.3 Å². The van der Waals surface area contributed by atoms with Gasteiger partial charge in [-0.05, 0) is 84.6 Å². The molecule has 0 saturated carbocycles. The number of benzene rings is 3. The summed E-state index contributed by atoms with van der Waals surface area (Å²) in [5, 5.41) is 7.96. The summed E-state index contributed by atoms with van der Waals surface area (Å²) in [4.78, 5) is 17.0. The highest BCUT2D eigenvalue weighted by atomic mass is 32.2. The van der Waals surface area contributed by atoms with Crippen LogP contribution in [0.25, 0.3) is 0 Å². The Kier molecular flexibility index (Phi) is 10.1. The van der Waals surface area contributed by atoms with Crippen LogP contribution in [0.1, 0.15) is 34.0 Å². The third-order valence-corrected chi connectivity index (χ3v) is 9.12. The monoisotopic (exact) mass is 608 g/mol. The number of rotatable bonds is 13. The lowest BCUT2D eigenvalue weighted by Gasteiger charge is -2.23. The predicted molar refractivity (Wildman–Crippen MR) is 159 cm³/mol. The Balaban J connectivity index is 1.43. The van der Waals surface area contributed by atoms with E-state index in [1.54, 1.807) is 67.0 Å². The zero-order valence-electron chi connectivity index (χ0n) is 23.0. The van der Waals surface area contributed by atoms with Crippen LogP contribution < -0.4 is 15.2 Å². The molecule has 10 nitrogen and oxygen atoms in total. The van der Waals surface area contributed by atoms with Gasteiger partial charge in [0.25, 0.3) is 5.91 Å². The fourth-order valence-corrected chi connectivity index (χ4v) is 6.11. The van der Waals surface area contributed by atoms with Gasteiger partial charge in [-0.3, -0.25) is 9.78 Å². The summed E-state index contributed by atoms with van der Waals surface area (Å²) in [6.45, 7) is 2.87. The van der Waals surface area contributed by atoms with Gasteiger partial charge in [0.15, 0.2) is 0 Å². The highest BCUT2D eigenvalue weighted by Crippen LogP contribution is 2.23. The molecule has 0 fully saturated rings. The number of amides is 1. The lowest BCUT2D eigenvalue weighted by molar-refractivity contribution is 0.0954. The van der Waals surface area contributed by atoms with E-state index in [1.807, 2.05) is 13.0 Å². The summed E-state index contributed by atoms with van der Waals surface area (Å²) in [6, 6.07) is 22.8. The average Bonchev–Trinajstić information content (AvgIpc) is 2.98. The molecule has 4 rings (SSSR count). The second-order valence-electron chi connectivity index (χ2n) is 9.43. The number of nitrogens with zero attached hydrogens (tertiary/aromatic N) is 2. The minimum absolute atomic E-state index is 0.0293. The molecule has 3 N–H and O–H groups in total. The molecule has 0 unspecified atom stereocenters. The third-order valence-electron chi connectivity index (χ3n) is 6.38. The summed E-state index contributed by atoms with van der Waals surface area (Å²) >= 11 is 0. The number of hydrogen-bond donors (Lipinski definition) is 2. The Morgan fingerprint density at radius 1 is 0.833 bits per heavy atom. The fourth-order valence-electron chi connectivity index (χ4n) is 4.18. The Morgan fingerprint density at radius 3 is 2.05 bits per heavy atom. The van der Waals surface area contributed by atoms with Crippen molar-refractivity contribution in [3.63, 3.8) is 0 Å². The molecule has 0 aliphatic heterocycles. The number of carbonyl (C=O) groups is 1. The molecule has 0 spiro atoms. The van der Waals surface area contributed by atoms with Crippen molar-refractivity contribution in [3.8, 4) is 5.75 Å². The van der Waals surface area contributed by atoms with Crippen molar-refractivity contribution in [2.75, 3.05) is 13.2 Å². The topological polar surface area (TPSA) is 149 Å². The number of aromatic nitrogens is 1. The van der Waals surface area contributed by atoms with E-state index in [4.69, 9.17) is 9.88 Å². The number of primary sulfonamides is 1. The first-order valence-electron chi connectivity index (χ1n) is 13.2. The second kappa shape index (κ2) is 13.7. The highest BCUT2D eigenvalue weighted by Gasteiger charge is 2.25. The smallest absolute Gasteiger partial charge is 0.251 e. The van der Waals surface area contributed by atoms with E-state index < -0.39 is 20.0 Å².